The molecule has 2 aromatic rings. The lowest BCUT2D eigenvalue weighted by molar-refractivity contribution is -0.140. The van der Waals surface area contributed by atoms with Crippen molar-refractivity contribution in [1.82, 2.24) is 10.2 Å². The molecule has 1 N–H and O–H groups in total. The Morgan fingerprint density at radius 2 is 1.44 bits per heavy atom. The summed E-state index contributed by atoms with van der Waals surface area (Å²) in [6.07, 6.45) is 1.08. The van der Waals surface area contributed by atoms with Gasteiger partial charge in [-0.1, -0.05) is 62.7 Å². The molecular formula is C28H41N3O4S. The van der Waals surface area contributed by atoms with Crippen LogP contribution in [-0.4, -0.2) is 49.5 Å². The van der Waals surface area contributed by atoms with Crippen LogP contribution < -0.4 is 9.62 Å². The topological polar surface area (TPSA) is 86.8 Å². The molecule has 0 heterocycles. The molecule has 0 aliphatic rings. The number of anilines is 1. The summed E-state index contributed by atoms with van der Waals surface area (Å²) in [4.78, 5) is 28.1. The van der Waals surface area contributed by atoms with Crippen LogP contribution in [0.15, 0.2) is 48.5 Å². The van der Waals surface area contributed by atoms with E-state index in [0.717, 1.165) is 27.3 Å². The Balaban J connectivity index is 2.41. The number of benzene rings is 2. The zero-order valence-corrected chi connectivity index (χ0v) is 23.9. The summed E-state index contributed by atoms with van der Waals surface area (Å²) in [5, 5.41) is 2.92. The molecular weight excluding hydrogens is 474 g/mol. The molecule has 1 atom stereocenters. The van der Waals surface area contributed by atoms with Crippen LogP contribution in [0.25, 0.3) is 0 Å². The summed E-state index contributed by atoms with van der Waals surface area (Å²) in [6, 6.07) is 14.1. The monoisotopic (exact) mass is 515 g/mol. The van der Waals surface area contributed by atoms with E-state index in [0.29, 0.717) is 5.69 Å². The van der Waals surface area contributed by atoms with Crippen molar-refractivity contribution in [3.63, 3.8) is 0 Å². The highest BCUT2D eigenvalue weighted by Gasteiger charge is 2.31. The number of carbonyl (C=O) groups is 2. The molecule has 2 amide bonds. The van der Waals surface area contributed by atoms with Crippen molar-refractivity contribution in [2.75, 3.05) is 17.1 Å². The molecule has 0 spiro atoms. The standard InChI is InChI=1S/C28H41N3O4S/c1-20-10-12-22(13-11-20)18-30(21(2)26(33)29-28(6,7)8)25(32)19-31(36(9,34)35)24-16-14-23(15-17-24)27(3,4)5/h10-17,21H,18-19H2,1-9H3,(H,29,33)/t21-/m0/s1. The summed E-state index contributed by atoms with van der Waals surface area (Å²) in [6.45, 7) is 15.2. The molecule has 2 aromatic carbocycles. The van der Waals surface area contributed by atoms with E-state index in [2.05, 4.69) is 26.1 Å². The van der Waals surface area contributed by atoms with Crippen molar-refractivity contribution in [3.05, 3.63) is 65.2 Å². The van der Waals surface area contributed by atoms with Gasteiger partial charge in [0.05, 0.1) is 11.9 Å². The summed E-state index contributed by atoms with van der Waals surface area (Å²) >= 11 is 0. The van der Waals surface area contributed by atoms with E-state index in [4.69, 9.17) is 0 Å². The molecule has 0 aliphatic carbocycles. The maximum absolute atomic E-state index is 13.6. The summed E-state index contributed by atoms with van der Waals surface area (Å²) in [5.74, 6) is -0.763. The third-order valence-corrected chi connectivity index (χ3v) is 6.98. The molecule has 0 radical (unpaired) electrons. The second-order valence-corrected chi connectivity index (χ2v) is 13.4. The van der Waals surface area contributed by atoms with Crippen molar-refractivity contribution in [2.24, 2.45) is 0 Å². The normalized spacial score (nSPS) is 13.1. The van der Waals surface area contributed by atoms with Gasteiger partial charge in [0.2, 0.25) is 21.8 Å². The van der Waals surface area contributed by atoms with Gasteiger partial charge in [0.15, 0.2) is 0 Å². The Hall–Kier alpha value is -2.87. The Kier molecular flexibility index (Phi) is 9.00. The van der Waals surface area contributed by atoms with Crippen LogP contribution >= 0.6 is 0 Å². The van der Waals surface area contributed by atoms with Crippen LogP contribution in [0.1, 0.15) is 65.2 Å². The molecule has 0 aromatic heterocycles. The minimum Gasteiger partial charge on any atom is -0.350 e. The maximum Gasteiger partial charge on any atom is 0.244 e. The van der Waals surface area contributed by atoms with Crippen LogP contribution in [0, 0.1) is 6.92 Å². The average Bonchev–Trinajstić information content (AvgIpc) is 2.74. The largest absolute Gasteiger partial charge is 0.350 e. The van der Waals surface area contributed by atoms with Crippen LogP contribution in [0.5, 0.6) is 0 Å². The van der Waals surface area contributed by atoms with Crippen molar-refractivity contribution in [1.29, 1.82) is 0 Å². The number of hydrogen-bond acceptors (Lipinski definition) is 4. The third-order valence-electron chi connectivity index (χ3n) is 5.84. The highest BCUT2D eigenvalue weighted by Crippen LogP contribution is 2.26. The van der Waals surface area contributed by atoms with Gasteiger partial charge in [0, 0.05) is 12.1 Å². The first-order chi connectivity index (χ1) is 16.4. The van der Waals surface area contributed by atoms with Crippen LogP contribution in [0.2, 0.25) is 0 Å². The Morgan fingerprint density at radius 1 is 0.917 bits per heavy atom. The highest BCUT2D eigenvalue weighted by atomic mass is 32.2. The number of sulfonamides is 1. The van der Waals surface area contributed by atoms with Crippen LogP contribution in [-0.2, 0) is 31.6 Å². The molecule has 0 saturated carbocycles. The van der Waals surface area contributed by atoms with Crippen molar-refractivity contribution >= 4 is 27.5 Å². The van der Waals surface area contributed by atoms with Crippen molar-refractivity contribution in [3.8, 4) is 0 Å². The fraction of sp³-hybridized carbons (Fsp3) is 0.500. The highest BCUT2D eigenvalue weighted by molar-refractivity contribution is 7.92. The fourth-order valence-corrected chi connectivity index (χ4v) is 4.54. The summed E-state index contributed by atoms with van der Waals surface area (Å²) in [7, 11) is -3.76. The van der Waals surface area contributed by atoms with Crippen LogP contribution in [0.4, 0.5) is 5.69 Å². The van der Waals surface area contributed by atoms with Gasteiger partial charge < -0.3 is 10.2 Å². The molecule has 0 saturated heterocycles. The molecule has 7 nitrogen and oxygen atoms in total. The minimum absolute atomic E-state index is 0.0923. The first-order valence-electron chi connectivity index (χ1n) is 12.1. The number of nitrogens with one attached hydrogen (secondary N) is 1. The zero-order valence-electron chi connectivity index (χ0n) is 23.0. The number of amides is 2. The number of nitrogens with zero attached hydrogens (tertiary/aromatic N) is 2. The molecule has 2 rings (SSSR count). The quantitative estimate of drug-likeness (QED) is 0.565. The van der Waals surface area contributed by atoms with Gasteiger partial charge in [-0.3, -0.25) is 13.9 Å². The van der Waals surface area contributed by atoms with Gasteiger partial charge in [0.25, 0.3) is 0 Å². The Bertz CT molecular complexity index is 1160. The summed E-state index contributed by atoms with van der Waals surface area (Å²) in [5.41, 5.74) is 2.82. The van der Waals surface area contributed by atoms with E-state index in [-0.39, 0.29) is 17.9 Å². The van der Waals surface area contributed by atoms with Gasteiger partial charge in [-0.15, -0.1) is 0 Å². The molecule has 8 heteroatoms. The Labute approximate surface area is 216 Å². The first-order valence-corrected chi connectivity index (χ1v) is 14.0. The van der Waals surface area contributed by atoms with Crippen LogP contribution in [0.3, 0.4) is 0 Å². The van der Waals surface area contributed by atoms with Gasteiger partial charge in [-0.25, -0.2) is 8.42 Å². The third kappa shape index (κ3) is 8.36. The second kappa shape index (κ2) is 11.0. The van der Waals surface area contributed by atoms with E-state index in [1.807, 2.05) is 64.1 Å². The van der Waals surface area contributed by atoms with Crippen molar-refractivity contribution < 1.29 is 18.0 Å². The molecule has 0 unspecified atom stereocenters. The van der Waals surface area contributed by atoms with Gasteiger partial charge >= 0.3 is 0 Å². The predicted molar refractivity (Wildman–Crippen MR) is 146 cm³/mol. The molecule has 36 heavy (non-hydrogen) atoms. The van der Waals surface area contributed by atoms with Gasteiger partial charge in [-0.05, 0) is 63.3 Å². The molecule has 0 fully saturated rings. The lowest BCUT2D eigenvalue weighted by Crippen LogP contribution is -2.54. The van der Waals surface area contributed by atoms with E-state index in [9.17, 15) is 18.0 Å². The lowest BCUT2D eigenvalue weighted by atomic mass is 9.87. The minimum atomic E-state index is -3.76. The van der Waals surface area contributed by atoms with Gasteiger partial charge in [-0.2, -0.15) is 0 Å². The zero-order chi connectivity index (χ0) is 27.5. The SMILES string of the molecule is Cc1ccc(CN(C(=O)CN(c2ccc(C(C)(C)C)cc2)S(C)(=O)=O)[C@@H](C)C(=O)NC(C)(C)C)cc1. The maximum atomic E-state index is 13.6. The van der Waals surface area contributed by atoms with E-state index >= 15 is 0 Å². The fourth-order valence-electron chi connectivity index (χ4n) is 3.69. The number of carbonyl (C=O) groups excluding carboxylic acids is 2. The predicted octanol–water partition coefficient (Wildman–Crippen LogP) is 4.39. The van der Waals surface area contributed by atoms with Crippen molar-refractivity contribution in [2.45, 2.75) is 78.9 Å². The molecule has 198 valence electrons. The van der Waals surface area contributed by atoms with E-state index < -0.39 is 34.1 Å². The summed E-state index contributed by atoms with van der Waals surface area (Å²) < 4.78 is 26.6. The first kappa shape index (κ1) is 29.4. The van der Waals surface area contributed by atoms with E-state index in [1.165, 1.54) is 4.90 Å². The number of aryl methyl sites for hydroxylation is 1. The average molecular weight is 516 g/mol. The smallest absolute Gasteiger partial charge is 0.244 e. The Morgan fingerprint density at radius 3 is 1.89 bits per heavy atom. The molecule has 0 bridgehead atoms. The second-order valence-electron chi connectivity index (χ2n) is 11.5. The number of hydrogen-bond donors (Lipinski definition) is 1. The number of rotatable bonds is 8. The molecule has 0 aliphatic heterocycles. The van der Waals surface area contributed by atoms with Gasteiger partial charge in [0.1, 0.15) is 12.6 Å². The van der Waals surface area contributed by atoms with E-state index in [1.54, 1.807) is 19.1 Å². The lowest BCUT2D eigenvalue weighted by Gasteiger charge is -2.33.